The third-order valence-corrected chi connectivity index (χ3v) is 8.68. The Labute approximate surface area is 224 Å². The fourth-order valence-corrected chi connectivity index (χ4v) is 6.83. The van der Waals surface area contributed by atoms with Gasteiger partial charge in [-0.1, -0.05) is 62.8 Å². The molecule has 4 heterocycles. The Morgan fingerprint density at radius 3 is 2.37 bits per heavy atom. The summed E-state index contributed by atoms with van der Waals surface area (Å²) in [5.41, 5.74) is -1.44. The smallest absolute Gasteiger partial charge is 0.249 e. The average Bonchev–Trinajstić information content (AvgIpc) is 3.21. The largest absolute Gasteiger partial charge is 0.396 e. The third kappa shape index (κ3) is 4.09. The summed E-state index contributed by atoms with van der Waals surface area (Å²) in [4.78, 5) is 48.0. The summed E-state index contributed by atoms with van der Waals surface area (Å²) in [6.07, 6.45) is 11.2. The van der Waals surface area contributed by atoms with Crippen LogP contribution in [0.4, 0.5) is 5.69 Å². The molecule has 4 aliphatic rings. The van der Waals surface area contributed by atoms with E-state index in [0.29, 0.717) is 45.4 Å². The van der Waals surface area contributed by atoms with E-state index in [4.69, 9.17) is 4.74 Å². The Kier molecular flexibility index (Phi) is 7.47. The van der Waals surface area contributed by atoms with Gasteiger partial charge in [-0.2, -0.15) is 0 Å². The molecule has 8 nitrogen and oxygen atoms in total. The Hall–Kier alpha value is -2.97. The Morgan fingerprint density at radius 1 is 0.895 bits per heavy atom. The number of carbonyl (C=O) groups excluding carboxylic acids is 3. The Morgan fingerprint density at radius 2 is 1.66 bits per heavy atom. The van der Waals surface area contributed by atoms with Crippen LogP contribution in [0.3, 0.4) is 0 Å². The number of para-hydroxylation sites is 1. The van der Waals surface area contributed by atoms with Crippen LogP contribution in [-0.4, -0.2) is 82.7 Å². The number of hydrogen-bond donors (Lipinski definition) is 1. The number of aliphatic hydroxyl groups is 1. The highest BCUT2D eigenvalue weighted by atomic mass is 16.5. The van der Waals surface area contributed by atoms with Crippen molar-refractivity contribution in [3.05, 3.63) is 54.6 Å². The third-order valence-electron chi connectivity index (χ3n) is 8.68. The lowest BCUT2D eigenvalue weighted by molar-refractivity contribution is -0.152. The van der Waals surface area contributed by atoms with E-state index in [9.17, 15) is 19.5 Å². The van der Waals surface area contributed by atoms with Crippen LogP contribution in [0.2, 0.25) is 0 Å². The van der Waals surface area contributed by atoms with Gasteiger partial charge in [0.05, 0.1) is 17.4 Å². The highest BCUT2D eigenvalue weighted by Crippen LogP contribution is 2.58. The van der Waals surface area contributed by atoms with E-state index >= 15 is 0 Å². The summed E-state index contributed by atoms with van der Waals surface area (Å²) in [5.74, 6) is -2.05. The number of aliphatic hydroxyl groups excluding tert-OH is 1. The molecule has 4 aliphatic heterocycles. The maximum atomic E-state index is 14.4. The second-order valence-electron chi connectivity index (χ2n) is 10.8. The molecule has 3 amide bonds. The van der Waals surface area contributed by atoms with E-state index in [1.807, 2.05) is 66.5 Å². The van der Waals surface area contributed by atoms with Gasteiger partial charge in [-0.3, -0.25) is 14.4 Å². The van der Waals surface area contributed by atoms with Gasteiger partial charge in [0.1, 0.15) is 11.6 Å². The summed E-state index contributed by atoms with van der Waals surface area (Å²) in [6.45, 7) is 5.88. The van der Waals surface area contributed by atoms with E-state index in [0.717, 1.165) is 18.5 Å². The monoisotopic (exact) mass is 521 g/mol. The van der Waals surface area contributed by atoms with Gasteiger partial charge in [-0.15, -0.1) is 0 Å². The van der Waals surface area contributed by atoms with E-state index in [1.165, 1.54) is 0 Å². The van der Waals surface area contributed by atoms with Crippen LogP contribution in [0.5, 0.6) is 0 Å². The normalized spacial score (nSPS) is 32.3. The first-order valence-corrected chi connectivity index (χ1v) is 14.1. The maximum Gasteiger partial charge on any atom is 0.249 e. The van der Waals surface area contributed by atoms with Crippen molar-refractivity contribution < 1.29 is 24.2 Å². The second kappa shape index (κ2) is 10.7. The molecule has 2 fully saturated rings. The van der Waals surface area contributed by atoms with E-state index in [-0.39, 0.29) is 24.3 Å². The summed E-state index contributed by atoms with van der Waals surface area (Å²) in [6, 6.07) is 8.67. The zero-order valence-electron chi connectivity index (χ0n) is 22.4. The lowest BCUT2D eigenvalue weighted by Crippen LogP contribution is -2.56. The first-order chi connectivity index (χ1) is 18.4. The molecule has 1 aromatic rings. The van der Waals surface area contributed by atoms with Crippen LogP contribution < -0.4 is 4.90 Å². The van der Waals surface area contributed by atoms with Crippen LogP contribution in [-0.2, 0) is 19.1 Å². The maximum absolute atomic E-state index is 14.4. The number of hydrogen-bond acceptors (Lipinski definition) is 5. The Balaban J connectivity index is 1.61. The number of rotatable bonds is 9. The van der Waals surface area contributed by atoms with Crippen LogP contribution in [0.15, 0.2) is 54.6 Å². The van der Waals surface area contributed by atoms with Gasteiger partial charge in [0, 0.05) is 38.5 Å². The standard InChI is InChI=1S/C30H39N3O5/c1-3-5-17-31-18-12-16-30-24(27(36)33(19-9-10-21-34)25(30)28(31)37)23-26(35)32(22-13-7-6-8-14-22)20-11-15-29(23,4-2)38-30/h6-8,11-16,23-25,34H,3-5,9-10,17-21H2,1-2H3/t23-,24+,25?,29+,30+/m1/s1. The number of anilines is 1. The first-order valence-electron chi connectivity index (χ1n) is 14.1. The number of unbranched alkanes of at least 4 members (excludes halogenated alkanes) is 2. The number of fused-ring (bicyclic) bond motifs is 2. The predicted molar refractivity (Wildman–Crippen MR) is 144 cm³/mol. The summed E-state index contributed by atoms with van der Waals surface area (Å²) >= 11 is 0. The molecule has 204 valence electrons. The molecule has 5 rings (SSSR count). The van der Waals surface area contributed by atoms with Gasteiger partial charge >= 0.3 is 0 Å². The number of likely N-dealkylation sites (tertiary alicyclic amines) is 1. The van der Waals surface area contributed by atoms with E-state index in [2.05, 4.69) is 6.92 Å². The van der Waals surface area contributed by atoms with Crippen molar-refractivity contribution in [2.45, 2.75) is 63.2 Å². The van der Waals surface area contributed by atoms with Crippen molar-refractivity contribution in [3.63, 3.8) is 0 Å². The number of benzene rings is 1. The zero-order chi connectivity index (χ0) is 26.9. The summed E-state index contributed by atoms with van der Waals surface area (Å²) in [5, 5.41) is 9.39. The quantitative estimate of drug-likeness (QED) is 0.399. The fraction of sp³-hybridized carbons (Fsp3) is 0.567. The van der Waals surface area contributed by atoms with Gasteiger partial charge in [0.15, 0.2) is 0 Å². The van der Waals surface area contributed by atoms with Crippen molar-refractivity contribution in [3.8, 4) is 0 Å². The zero-order valence-corrected chi connectivity index (χ0v) is 22.4. The lowest BCUT2D eigenvalue weighted by atomic mass is 9.73. The van der Waals surface area contributed by atoms with Crippen LogP contribution in [0.25, 0.3) is 0 Å². The molecule has 0 radical (unpaired) electrons. The molecule has 0 aliphatic carbocycles. The van der Waals surface area contributed by atoms with Crippen molar-refractivity contribution in [1.82, 2.24) is 9.80 Å². The number of nitrogens with zero attached hydrogens (tertiary/aromatic N) is 3. The molecule has 1 unspecified atom stereocenters. The molecule has 0 saturated carbocycles. The van der Waals surface area contributed by atoms with Gasteiger partial charge in [0.2, 0.25) is 17.7 Å². The summed E-state index contributed by atoms with van der Waals surface area (Å²) < 4.78 is 6.98. The van der Waals surface area contributed by atoms with Crippen molar-refractivity contribution in [1.29, 1.82) is 0 Å². The number of amides is 3. The molecule has 8 heteroatoms. The molecular weight excluding hydrogens is 482 g/mol. The van der Waals surface area contributed by atoms with Gasteiger partial charge in [-0.05, 0) is 37.8 Å². The van der Waals surface area contributed by atoms with Crippen LogP contribution >= 0.6 is 0 Å². The van der Waals surface area contributed by atoms with E-state index in [1.54, 1.807) is 9.80 Å². The fourth-order valence-electron chi connectivity index (χ4n) is 6.83. The molecule has 0 bridgehead atoms. The molecule has 2 saturated heterocycles. The van der Waals surface area contributed by atoms with Gasteiger partial charge in [-0.25, -0.2) is 0 Å². The molecular formula is C30H39N3O5. The highest BCUT2D eigenvalue weighted by molar-refractivity contribution is 6.04. The SMILES string of the molecule is CCCCN1CC=C[C@]23O[C@@]4(CC)C=CCN(c5ccccc5)C(=O)[C@H]4[C@H]2C(=O)N(CCCCO)C3C1=O. The second-order valence-corrected chi connectivity index (χ2v) is 10.8. The molecule has 1 N–H and O–H groups in total. The van der Waals surface area contributed by atoms with Crippen molar-refractivity contribution >= 4 is 23.4 Å². The molecule has 1 spiro atoms. The topological polar surface area (TPSA) is 90.4 Å². The predicted octanol–water partition coefficient (Wildman–Crippen LogP) is 2.92. The minimum absolute atomic E-state index is 0.0190. The van der Waals surface area contributed by atoms with Crippen LogP contribution in [0.1, 0.15) is 46.0 Å². The molecule has 38 heavy (non-hydrogen) atoms. The minimum atomic E-state index is -1.23. The molecule has 5 atom stereocenters. The lowest BCUT2D eigenvalue weighted by Gasteiger charge is -2.38. The average molecular weight is 522 g/mol. The van der Waals surface area contributed by atoms with Crippen molar-refractivity contribution in [2.75, 3.05) is 37.7 Å². The van der Waals surface area contributed by atoms with Crippen molar-refractivity contribution in [2.24, 2.45) is 11.8 Å². The van der Waals surface area contributed by atoms with Crippen LogP contribution in [0, 0.1) is 11.8 Å². The Bertz CT molecular complexity index is 1120. The van der Waals surface area contributed by atoms with Gasteiger partial charge < -0.3 is 24.5 Å². The molecule has 1 aromatic carbocycles. The first kappa shape index (κ1) is 26.6. The van der Waals surface area contributed by atoms with E-state index < -0.39 is 29.1 Å². The molecule has 0 aromatic heterocycles. The minimum Gasteiger partial charge on any atom is -0.396 e. The number of carbonyl (C=O) groups is 3. The summed E-state index contributed by atoms with van der Waals surface area (Å²) in [7, 11) is 0. The highest BCUT2D eigenvalue weighted by Gasteiger charge is 2.75. The number of ether oxygens (including phenoxy) is 1. The van der Waals surface area contributed by atoms with Gasteiger partial charge in [0.25, 0.3) is 0 Å².